The molecule has 1 saturated heterocycles. The van der Waals surface area contributed by atoms with Crippen molar-refractivity contribution in [3.05, 3.63) is 0 Å². The van der Waals surface area contributed by atoms with Gasteiger partial charge < -0.3 is 4.74 Å². The highest BCUT2D eigenvalue weighted by Gasteiger charge is 2.32. The Kier molecular flexibility index (Phi) is 6.26. The van der Waals surface area contributed by atoms with Crippen LogP contribution in [0.1, 0.15) is 40.0 Å². The van der Waals surface area contributed by atoms with Crippen LogP contribution in [0.2, 0.25) is 0 Å². The van der Waals surface area contributed by atoms with E-state index in [0.29, 0.717) is 25.5 Å². The third-order valence-electron chi connectivity index (χ3n) is 3.35. The molecule has 0 bridgehead atoms. The second-order valence-corrected chi connectivity index (χ2v) is 7.54. The van der Waals surface area contributed by atoms with Gasteiger partial charge in [-0.05, 0) is 32.1 Å². The Bertz CT molecular complexity index is 391. The predicted octanol–water partition coefficient (Wildman–Crippen LogP) is 1.64. The molecule has 1 fully saturated rings. The molecule has 19 heavy (non-hydrogen) atoms. The van der Waals surface area contributed by atoms with Crippen molar-refractivity contribution in [3.8, 4) is 0 Å². The lowest BCUT2D eigenvalue weighted by Gasteiger charge is -2.30. The van der Waals surface area contributed by atoms with E-state index in [1.54, 1.807) is 6.92 Å². The number of carbonyl (C=O) groups excluding carboxylic acids is 1. The van der Waals surface area contributed by atoms with Gasteiger partial charge >= 0.3 is 5.97 Å². The van der Waals surface area contributed by atoms with E-state index >= 15 is 0 Å². The molecule has 0 aromatic rings. The van der Waals surface area contributed by atoms with Crippen LogP contribution >= 0.6 is 0 Å². The molecule has 0 unspecified atom stereocenters. The van der Waals surface area contributed by atoms with Crippen molar-refractivity contribution in [3.63, 3.8) is 0 Å². The summed E-state index contributed by atoms with van der Waals surface area (Å²) in [6.07, 6.45) is 2.10. The van der Waals surface area contributed by atoms with E-state index < -0.39 is 10.0 Å². The fourth-order valence-corrected chi connectivity index (χ4v) is 4.00. The molecule has 112 valence electrons. The van der Waals surface area contributed by atoms with Crippen molar-refractivity contribution in [1.82, 2.24) is 4.31 Å². The highest BCUT2D eigenvalue weighted by Crippen LogP contribution is 2.21. The van der Waals surface area contributed by atoms with Crippen molar-refractivity contribution in [2.45, 2.75) is 40.0 Å². The maximum atomic E-state index is 12.2. The van der Waals surface area contributed by atoms with E-state index in [0.717, 1.165) is 12.8 Å². The Morgan fingerprint density at radius 1 is 1.42 bits per heavy atom. The van der Waals surface area contributed by atoms with Crippen LogP contribution in [0.4, 0.5) is 0 Å². The van der Waals surface area contributed by atoms with Gasteiger partial charge in [-0.1, -0.05) is 13.8 Å². The summed E-state index contributed by atoms with van der Waals surface area (Å²) in [6, 6.07) is 0. The molecule has 1 atom stereocenters. The van der Waals surface area contributed by atoms with Crippen molar-refractivity contribution < 1.29 is 17.9 Å². The first-order valence-electron chi connectivity index (χ1n) is 7.01. The van der Waals surface area contributed by atoms with Crippen LogP contribution in [-0.2, 0) is 19.6 Å². The zero-order chi connectivity index (χ0) is 14.5. The molecule has 0 N–H and O–H groups in total. The number of ether oxygens (including phenoxy) is 1. The SMILES string of the molecule is CCOC(=O)[C@H]1CCCN(S(=O)(=O)CCC(C)C)C1. The minimum Gasteiger partial charge on any atom is -0.466 e. The van der Waals surface area contributed by atoms with E-state index in [4.69, 9.17) is 4.74 Å². The van der Waals surface area contributed by atoms with Gasteiger partial charge in [-0.15, -0.1) is 0 Å². The number of nitrogens with zero attached hydrogens (tertiary/aromatic N) is 1. The number of hydrogen-bond donors (Lipinski definition) is 0. The number of esters is 1. The first kappa shape index (κ1) is 16.4. The Morgan fingerprint density at radius 2 is 2.11 bits per heavy atom. The first-order chi connectivity index (χ1) is 8.86. The topological polar surface area (TPSA) is 63.7 Å². The summed E-state index contributed by atoms with van der Waals surface area (Å²) in [5.41, 5.74) is 0. The predicted molar refractivity (Wildman–Crippen MR) is 74.2 cm³/mol. The van der Waals surface area contributed by atoms with Gasteiger partial charge in [0.1, 0.15) is 0 Å². The van der Waals surface area contributed by atoms with Crippen LogP contribution in [0.5, 0.6) is 0 Å². The van der Waals surface area contributed by atoms with Gasteiger partial charge in [-0.2, -0.15) is 0 Å². The van der Waals surface area contributed by atoms with Crippen molar-refractivity contribution in [1.29, 1.82) is 0 Å². The second-order valence-electron chi connectivity index (χ2n) is 5.45. The molecule has 0 aliphatic carbocycles. The van der Waals surface area contributed by atoms with Gasteiger partial charge in [0.15, 0.2) is 0 Å². The summed E-state index contributed by atoms with van der Waals surface area (Å²) in [6.45, 7) is 6.92. The summed E-state index contributed by atoms with van der Waals surface area (Å²) in [5.74, 6) is -0.0468. The number of piperidine rings is 1. The zero-order valence-corrected chi connectivity index (χ0v) is 12.9. The van der Waals surface area contributed by atoms with E-state index in [2.05, 4.69) is 0 Å². The summed E-state index contributed by atoms with van der Waals surface area (Å²) >= 11 is 0. The highest BCUT2D eigenvalue weighted by molar-refractivity contribution is 7.89. The minimum atomic E-state index is -3.23. The average molecular weight is 291 g/mol. The van der Waals surface area contributed by atoms with Gasteiger partial charge in [0.25, 0.3) is 0 Å². The Balaban J connectivity index is 2.60. The monoisotopic (exact) mass is 291 g/mol. The molecule has 0 aromatic heterocycles. The smallest absolute Gasteiger partial charge is 0.310 e. The fraction of sp³-hybridized carbons (Fsp3) is 0.923. The average Bonchev–Trinajstić information content (AvgIpc) is 2.37. The first-order valence-corrected chi connectivity index (χ1v) is 8.62. The molecule has 1 rings (SSSR count). The standard InChI is InChI=1S/C13H25NO4S/c1-4-18-13(15)12-6-5-8-14(10-12)19(16,17)9-7-11(2)3/h11-12H,4-10H2,1-3H3/t12-/m0/s1. The van der Waals surface area contributed by atoms with E-state index in [9.17, 15) is 13.2 Å². The molecule has 6 heteroatoms. The maximum absolute atomic E-state index is 12.2. The van der Waals surface area contributed by atoms with Crippen molar-refractivity contribution >= 4 is 16.0 Å². The lowest BCUT2D eigenvalue weighted by molar-refractivity contribution is -0.149. The quantitative estimate of drug-likeness (QED) is 0.698. The van der Waals surface area contributed by atoms with Crippen LogP contribution < -0.4 is 0 Å². The molecular formula is C13H25NO4S. The summed E-state index contributed by atoms with van der Waals surface area (Å²) in [4.78, 5) is 11.7. The molecule has 0 aromatic carbocycles. The molecule has 1 aliphatic rings. The van der Waals surface area contributed by atoms with Gasteiger partial charge in [0, 0.05) is 13.1 Å². The molecule has 5 nitrogen and oxygen atoms in total. The lowest BCUT2D eigenvalue weighted by Crippen LogP contribution is -2.43. The Labute approximate surface area is 116 Å². The Hall–Kier alpha value is -0.620. The third-order valence-corrected chi connectivity index (χ3v) is 5.22. The van der Waals surface area contributed by atoms with Crippen LogP contribution in [0.25, 0.3) is 0 Å². The van der Waals surface area contributed by atoms with Gasteiger partial charge in [0.2, 0.25) is 10.0 Å². The minimum absolute atomic E-state index is 0.167. The lowest BCUT2D eigenvalue weighted by atomic mass is 10.0. The molecular weight excluding hydrogens is 266 g/mol. The molecule has 0 spiro atoms. The fourth-order valence-electron chi connectivity index (χ4n) is 2.16. The van der Waals surface area contributed by atoms with Crippen LogP contribution in [0, 0.1) is 11.8 Å². The molecule has 1 heterocycles. The summed E-state index contributed by atoms with van der Waals surface area (Å²) < 4.78 is 30.8. The Morgan fingerprint density at radius 3 is 2.68 bits per heavy atom. The molecule has 0 saturated carbocycles. The number of rotatable bonds is 6. The van der Waals surface area contributed by atoms with E-state index in [-0.39, 0.29) is 24.2 Å². The third kappa shape index (κ3) is 5.10. The van der Waals surface area contributed by atoms with Crippen LogP contribution in [0.3, 0.4) is 0 Å². The van der Waals surface area contributed by atoms with Crippen LogP contribution in [-0.4, -0.2) is 44.1 Å². The number of hydrogen-bond acceptors (Lipinski definition) is 4. The largest absolute Gasteiger partial charge is 0.466 e. The molecule has 0 radical (unpaired) electrons. The maximum Gasteiger partial charge on any atom is 0.310 e. The van der Waals surface area contributed by atoms with Gasteiger partial charge in [-0.3, -0.25) is 4.79 Å². The van der Waals surface area contributed by atoms with Gasteiger partial charge in [0.05, 0.1) is 18.3 Å². The number of carbonyl (C=O) groups is 1. The normalized spacial score (nSPS) is 21.6. The second kappa shape index (κ2) is 7.24. The number of sulfonamides is 1. The van der Waals surface area contributed by atoms with Crippen LogP contribution in [0.15, 0.2) is 0 Å². The zero-order valence-electron chi connectivity index (χ0n) is 12.1. The summed E-state index contributed by atoms with van der Waals surface area (Å²) in [5, 5.41) is 0. The van der Waals surface area contributed by atoms with Gasteiger partial charge in [-0.25, -0.2) is 12.7 Å². The summed E-state index contributed by atoms with van der Waals surface area (Å²) in [7, 11) is -3.23. The highest BCUT2D eigenvalue weighted by atomic mass is 32.2. The molecule has 0 amide bonds. The van der Waals surface area contributed by atoms with E-state index in [1.807, 2.05) is 13.8 Å². The van der Waals surface area contributed by atoms with Crippen molar-refractivity contribution in [2.75, 3.05) is 25.4 Å². The van der Waals surface area contributed by atoms with Crippen molar-refractivity contribution in [2.24, 2.45) is 11.8 Å². The van der Waals surface area contributed by atoms with E-state index in [1.165, 1.54) is 4.31 Å². The molecule has 1 aliphatic heterocycles.